The van der Waals surface area contributed by atoms with Gasteiger partial charge in [-0.05, 0) is 33.0 Å². The molecule has 0 saturated heterocycles. The molecule has 0 aliphatic carbocycles. The summed E-state index contributed by atoms with van der Waals surface area (Å²) in [6.07, 6.45) is 0. The van der Waals surface area contributed by atoms with Crippen LogP contribution in [0, 0.1) is 19.7 Å². The summed E-state index contributed by atoms with van der Waals surface area (Å²) in [7, 11) is 1.89. The van der Waals surface area contributed by atoms with Crippen LogP contribution in [0.3, 0.4) is 0 Å². The fourth-order valence-electron chi connectivity index (χ4n) is 1.67. The lowest BCUT2D eigenvalue weighted by Gasteiger charge is -2.00. The predicted octanol–water partition coefficient (Wildman–Crippen LogP) is 3.29. The zero-order valence-electron chi connectivity index (χ0n) is 10.2. The van der Waals surface area contributed by atoms with Gasteiger partial charge >= 0.3 is 0 Å². The Balaban J connectivity index is 2.45. The number of thiazole rings is 1. The highest BCUT2D eigenvalue weighted by Gasteiger charge is 2.12. The summed E-state index contributed by atoms with van der Waals surface area (Å²) in [4.78, 5) is 5.60. The molecule has 0 aliphatic rings. The van der Waals surface area contributed by atoms with Crippen molar-refractivity contribution in [3.05, 3.63) is 40.2 Å². The van der Waals surface area contributed by atoms with Gasteiger partial charge in [0.25, 0.3) is 0 Å². The SMILES string of the molecule is CNCc1sc(-c2cc(C)ccc2F)nc1C. The molecule has 0 unspecified atom stereocenters. The van der Waals surface area contributed by atoms with Crippen LogP contribution in [-0.4, -0.2) is 12.0 Å². The number of rotatable bonds is 3. The van der Waals surface area contributed by atoms with E-state index in [9.17, 15) is 4.39 Å². The number of hydrogen-bond acceptors (Lipinski definition) is 3. The maximum Gasteiger partial charge on any atom is 0.133 e. The molecule has 0 fully saturated rings. The molecule has 0 bridgehead atoms. The molecule has 0 amide bonds. The Morgan fingerprint density at radius 2 is 2.12 bits per heavy atom. The Morgan fingerprint density at radius 3 is 2.82 bits per heavy atom. The Morgan fingerprint density at radius 1 is 1.35 bits per heavy atom. The van der Waals surface area contributed by atoms with E-state index in [1.54, 1.807) is 17.4 Å². The molecular formula is C13H15FN2S. The molecule has 0 aliphatic heterocycles. The van der Waals surface area contributed by atoms with Gasteiger partial charge in [-0.2, -0.15) is 0 Å². The highest BCUT2D eigenvalue weighted by molar-refractivity contribution is 7.15. The molecule has 0 spiro atoms. The molecule has 90 valence electrons. The zero-order chi connectivity index (χ0) is 12.4. The third-order valence-electron chi connectivity index (χ3n) is 2.58. The van der Waals surface area contributed by atoms with E-state index in [1.165, 1.54) is 6.07 Å². The number of aromatic nitrogens is 1. The van der Waals surface area contributed by atoms with Crippen molar-refractivity contribution in [2.75, 3.05) is 7.05 Å². The lowest BCUT2D eigenvalue weighted by Crippen LogP contribution is -2.04. The first kappa shape index (κ1) is 12.2. The predicted molar refractivity (Wildman–Crippen MR) is 69.7 cm³/mol. The van der Waals surface area contributed by atoms with Gasteiger partial charge in [-0.15, -0.1) is 11.3 Å². The largest absolute Gasteiger partial charge is 0.315 e. The van der Waals surface area contributed by atoms with Crippen LogP contribution < -0.4 is 5.32 Å². The Labute approximate surface area is 105 Å². The quantitative estimate of drug-likeness (QED) is 0.904. The van der Waals surface area contributed by atoms with Crippen molar-refractivity contribution in [3.63, 3.8) is 0 Å². The number of benzene rings is 1. The molecule has 2 nitrogen and oxygen atoms in total. The molecule has 4 heteroatoms. The Bertz CT molecular complexity index is 534. The molecule has 1 N–H and O–H groups in total. The highest BCUT2D eigenvalue weighted by Crippen LogP contribution is 2.30. The minimum atomic E-state index is -0.208. The summed E-state index contributed by atoms with van der Waals surface area (Å²) >= 11 is 1.55. The van der Waals surface area contributed by atoms with Gasteiger partial charge in [0.2, 0.25) is 0 Å². The van der Waals surface area contributed by atoms with Crippen LogP contribution in [0.25, 0.3) is 10.6 Å². The average molecular weight is 250 g/mol. The first-order valence-corrected chi connectivity index (χ1v) is 6.31. The lowest BCUT2D eigenvalue weighted by molar-refractivity contribution is 0.631. The van der Waals surface area contributed by atoms with Crippen LogP contribution in [0.1, 0.15) is 16.1 Å². The molecule has 2 rings (SSSR count). The van der Waals surface area contributed by atoms with Crippen molar-refractivity contribution >= 4 is 11.3 Å². The summed E-state index contributed by atoms with van der Waals surface area (Å²) in [6, 6.07) is 5.11. The second-order valence-electron chi connectivity index (χ2n) is 4.04. The number of aryl methyl sites for hydroxylation is 2. The molecule has 2 aromatic rings. The number of hydrogen-bond donors (Lipinski definition) is 1. The van der Waals surface area contributed by atoms with Crippen molar-refractivity contribution in [1.29, 1.82) is 0 Å². The van der Waals surface area contributed by atoms with Gasteiger partial charge in [-0.3, -0.25) is 0 Å². The fourth-order valence-corrected chi connectivity index (χ4v) is 2.76. The van der Waals surface area contributed by atoms with Crippen LogP contribution in [0.4, 0.5) is 4.39 Å². The van der Waals surface area contributed by atoms with Crippen LogP contribution >= 0.6 is 11.3 Å². The van der Waals surface area contributed by atoms with E-state index >= 15 is 0 Å². The second kappa shape index (κ2) is 4.94. The fraction of sp³-hybridized carbons (Fsp3) is 0.308. The van der Waals surface area contributed by atoms with Crippen LogP contribution in [0.2, 0.25) is 0 Å². The van der Waals surface area contributed by atoms with Gasteiger partial charge in [0.15, 0.2) is 0 Å². The summed E-state index contributed by atoms with van der Waals surface area (Å²) in [6.45, 7) is 4.69. The summed E-state index contributed by atoms with van der Waals surface area (Å²) < 4.78 is 13.7. The van der Waals surface area contributed by atoms with Crippen molar-refractivity contribution < 1.29 is 4.39 Å². The van der Waals surface area contributed by atoms with Crippen molar-refractivity contribution in [3.8, 4) is 10.6 Å². The topological polar surface area (TPSA) is 24.9 Å². The molecule has 0 radical (unpaired) electrons. The minimum Gasteiger partial charge on any atom is -0.315 e. The van der Waals surface area contributed by atoms with Gasteiger partial charge in [-0.25, -0.2) is 9.37 Å². The number of halogens is 1. The molecule has 0 atom stereocenters. The first-order valence-electron chi connectivity index (χ1n) is 5.49. The Hall–Kier alpha value is -1.26. The molecular weight excluding hydrogens is 235 g/mol. The van der Waals surface area contributed by atoms with Gasteiger partial charge in [0, 0.05) is 17.0 Å². The van der Waals surface area contributed by atoms with E-state index in [1.807, 2.05) is 27.0 Å². The van der Waals surface area contributed by atoms with Crippen molar-refractivity contribution in [2.24, 2.45) is 0 Å². The van der Waals surface area contributed by atoms with Crippen LogP contribution in [0.15, 0.2) is 18.2 Å². The van der Waals surface area contributed by atoms with E-state index in [4.69, 9.17) is 0 Å². The Kier molecular flexibility index (Phi) is 3.54. The molecule has 1 aromatic carbocycles. The maximum atomic E-state index is 13.7. The van der Waals surface area contributed by atoms with Gasteiger partial charge < -0.3 is 5.32 Å². The van der Waals surface area contributed by atoms with E-state index in [2.05, 4.69) is 10.3 Å². The number of nitrogens with zero attached hydrogens (tertiary/aromatic N) is 1. The second-order valence-corrected chi connectivity index (χ2v) is 5.12. The highest BCUT2D eigenvalue weighted by atomic mass is 32.1. The smallest absolute Gasteiger partial charge is 0.133 e. The third kappa shape index (κ3) is 2.53. The van der Waals surface area contributed by atoms with E-state index in [-0.39, 0.29) is 5.82 Å². The van der Waals surface area contributed by atoms with E-state index in [0.29, 0.717) is 5.56 Å². The molecule has 0 saturated carbocycles. The lowest BCUT2D eigenvalue weighted by atomic mass is 10.1. The average Bonchev–Trinajstić information content (AvgIpc) is 2.64. The molecule has 1 aromatic heterocycles. The summed E-state index contributed by atoms with van der Waals surface area (Å²) in [5.74, 6) is -0.208. The normalized spacial score (nSPS) is 10.8. The van der Waals surface area contributed by atoms with Crippen molar-refractivity contribution in [1.82, 2.24) is 10.3 Å². The van der Waals surface area contributed by atoms with Crippen LogP contribution in [-0.2, 0) is 6.54 Å². The molecule has 17 heavy (non-hydrogen) atoms. The maximum absolute atomic E-state index is 13.7. The minimum absolute atomic E-state index is 0.208. The van der Waals surface area contributed by atoms with Gasteiger partial charge in [0.05, 0.1) is 5.69 Å². The molecule has 1 heterocycles. The van der Waals surface area contributed by atoms with Crippen molar-refractivity contribution in [2.45, 2.75) is 20.4 Å². The van der Waals surface area contributed by atoms with E-state index < -0.39 is 0 Å². The zero-order valence-corrected chi connectivity index (χ0v) is 11.0. The summed E-state index contributed by atoms with van der Waals surface area (Å²) in [5, 5.41) is 3.85. The summed E-state index contributed by atoms with van der Waals surface area (Å²) in [5.41, 5.74) is 2.62. The number of nitrogens with one attached hydrogen (secondary N) is 1. The van der Waals surface area contributed by atoms with Gasteiger partial charge in [0.1, 0.15) is 10.8 Å². The van der Waals surface area contributed by atoms with E-state index in [0.717, 1.165) is 27.7 Å². The standard InChI is InChI=1S/C13H15FN2S/c1-8-4-5-11(14)10(6-8)13-16-9(2)12(17-13)7-15-3/h4-6,15H,7H2,1-3H3. The first-order chi connectivity index (χ1) is 8.11. The monoisotopic (exact) mass is 250 g/mol. The third-order valence-corrected chi connectivity index (χ3v) is 3.77. The van der Waals surface area contributed by atoms with Gasteiger partial charge in [-0.1, -0.05) is 11.6 Å². The van der Waals surface area contributed by atoms with Crippen LogP contribution in [0.5, 0.6) is 0 Å².